The van der Waals surface area contributed by atoms with Crippen molar-refractivity contribution in [2.24, 2.45) is 7.05 Å². The zero-order valence-corrected chi connectivity index (χ0v) is 14.8. The number of aryl methyl sites for hydroxylation is 2. The van der Waals surface area contributed by atoms with E-state index in [1.165, 1.54) is 10.9 Å². The summed E-state index contributed by atoms with van der Waals surface area (Å²) in [6.45, 7) is 6.08. The predicted octanol–water partition coefficient (Wildman–Crippen LogP) is 1.97. The fraction of sp³-hybridized carbons (Fsp3) is 0.467. The van der Waals surface area contributed by atoms with Crippen LogP contribution >= 0.6 is 11.6 Å². The molecule has 0 aliphatic carbocycles. The highest BCUT2D eigenvalue weighted by Crippen LogP contribution is 2.23. The molecular formula is C15H20ClN5O3. The van der Waals surface area contributed by atoms with Gasteiger partial charge in [0, 0.05) is 19.8 Å². The van der Waals surface area contributed by atoms with E-state index < -0.39 is 11.9 Å². The summed E-state index contributed by atoms with van der Waals surface area (Å²) in [5.41, 5.74) is 1.44. The molecule has 2 aromatic heterocycles. The molecule has 24 heavy (non-hydrogen) atoms. The van der Waals surface area contributed by atoms with Gasteiger partial charge in [-0.25, -0.2) is 4.79 Å². The number of rotatable bonds is 6. The quantitative estimate of drug-likeness (QED) is 0.826. The molecule has 1 atom stereocenters. The number of hydrogen-bond donors (Lipinski definition) is 2. The summed E-state index contributed by atoms with van der Waals surface area (Å²) in [6, 6.07) is 0.0409. The van der Waals surface area contributed by atoms with Gasteiger partial charge >= 0.3 is 5.97 Å². The van der Waals surface area contributed by atoms with Crippen LogP contribution in [0, 0.1) is 13.8 Å². The smallest absolute Gasteiger partial charge is 0.339 e. The van der Waals surface area contributed by atoms with Crippen molar-refractivity contribution in [3.63, 3.8) is 0 Å². The largest absolute Gasteiger partial charge is 0.478 e. The fourth-order valence-electron chi connectivity index (χ4n) is 2.49. The van der Waals surface area contributed by atoms with Crippen molar-refractivity contribution in [3.05, 3.63) is 33.9 Å². The van der Waals surface area contributed by atoms with Gasteiger partial charge in [-0.2, -0.15) is 10.2 Å². The number of carboxylic acid groups (broad SMARTS) is 1. The Labute approximate surface area is 144 Å². The third kappa shape index (κ3) is 3.59. The van der Waals surface area contributed by atoms with Crippen LogP contribution in [0.5, 0.6) is 0 Å². The summed E-state index contributed by atoms with van der Waals surface area (Å²) in [5, 5.41) is 20.7. The molecule has 0 spiro atoms. The van der Waals surface area contributed by atoms with Crippen LogP contribution in [0.3, 0.4) is 0 Å². The fourth-order valence-corrected chi connectivity index (χ4v) is 2.61. The minimum atomic E-state index is -1.18. The Hall–Kier alpha value is -2.35. The van der Waals surface area contributed by atoms with E-state index in [2.05, 4.69) is 15.5 Å². The van der Waals surface area contributed by atoms with Gasteiger partial charge in [0.05, 0.1) is 22.5 Å². The highest BCUT2D eigenvalue weighted by Gasteiger charge is 2.21. The van der Waals surface area contributed by atoms with Gasteiger partial charge in [0.2, 0.25) is 0 Å². The van der Waals surface area contributed by atoms with Gasteiger partial charge in [0.15, 0.2) is 5.69 Å². The highest BCUT2D eigenvalue weighted by atomic mass is 35.5. The maximum atomic E-state index is 12.1. The number of carbonyl (C=O) groups excluding carboxylic acids is 1. The summed E-state index contributed by atoms with van der Waals surface area (Å²) >= 11 is 6.14. The number of halogens is 1. The first kappa shape index (κ1) is 18.0. The lowest BCUT2D eigenvalue weighted by molar-refractivity contribution is 0.0691. The Bertz CT molecular complexity index is 780. The van der Waals surface area contributed by atoms with E-state index in [0.717, 1.165) is 11.4 Å². The van der Waals surface area contributed by atoms with Gasteiger partial charge < -0.3 is 10.4 Å². The van der Waals surface area contributed by atoms with Gasteiger partial charge in [0.1, 0.15) is 5.56 Å². The molecule has 0 saturated heterocycles. The molecule has 2 N–H and O–H groups in total. The van der Waals surface area contributed by atoms with Crippen LogP contribution in [0.1, 0.15) is 51.6 Å². The second-order valence-electron chi connectivity index (χ2n) is 5.69. The van der Waals surface area contributed by atoms with E-state index >= 15 is 0 Å². The average molecular weight is 354 g/mol. The molecule has 0 saturated carbocycles. The van der Waals surface area contributed by atoms with Crippen LogP contribution in [0.25, 0.3) is 0 Å². The molecule has 2 heterocycles. The molecule has 2 aromatic rings. The zero-order chi connectivity index (χ0) is 18.0. The average Bonchev–Trinajstić information content (AvgIpc) is 3.03. The van der Waals surface area contributed by atoms with Crippen LogP contribution in [-0.2, 0) is 7.05 Å². The minimum Gasteiger partial charge on any atom is -0.478 e. The number of nitrogens with one attached hydrogen (secondary N) is 1. The third-order valence-electron chi connectivity index (χ3n) is 3.78. The number of carboxylic acids is 1. The van der Waals surface area contributed by atoms with Crippen molar-refractivity contribution in [2.45, 2.75) is 33.2 Å². The lowest BCUT2D eigenvalue weighted by Gasteiger charge is -2.14. The number of carbonyl (C=O) groups is 2. The maximum Gasteiger partial charge on any atom is 0.339 e. The van der Waals surface area contributed by atoms with Gasteiger partial charge in [0.25, 0.3) is 5.91 Å². The van der Waals surface area contributed by atoms with Crippen molar-refractivity contribution in [1.29, 1.82) is 0 Å². The van der Waals surface area contributed by atoms with Gasteiger partial charge in [-0.05, 0) is 27.2 Å². The lowest BCUT2D eigenvalue weighted by Crippen LogP contribution is -2.28. The summed E-state index contributed by atoms with van der Waals surface area (Å²) in [5.74, 6) is -1.69. The Morgan fingerprint density at radius 1 is 1.38 bits per heavy atom. The third-order valence-corrected chi connectivity index (χ3v) is 4.32. The van der Waals surface area contributed by atoms with Crippen molar-refractivity contribution in [2.75, 3.05) is 6.54 Å². The molecule has 0 aromatic carbocycles. The Kier molecular flexibility index (Phi) is 5.28. The summed E-state index contributed by atoms with van der Waals surface area (Å²) in [6.07, 6.45) is 1.93. The Morgan fingerprint density at radius 2 is 2.04 bits per heavy atom. The van der Waals surface area contributed by atoms with Crippen LogP contribution in [-0.4, -0.2) is 43.1 Å². The van der Waals surface area contributed by atoms with Crippen LogP contribution in [0.15, 0.2) is 6.20 Å². The number of amides is 1. The normalized spacial score (nSPS) is 12.2. The van der Waals surface area contributed by atoms with E-state index in [1.807, 2.05) is 25.5 Å². The standard InChI is InChI=1S/C15H20ClN5O3/c1-8(21-10(3)12(16)9(2)18-21)5-6-17-14(22)13-11(15(23)24)7-20(4)19-13/h7-8H,5-6H2,1-4H3,(H,17,22)(H,23,24). The summed E-state index contributed by atoms with van der Waals surface area (Å²) < 4.78 is 3.13. The highest BCUT2D eigenvalue weighted by molar-refractivity contribution is 6.31. The number of aromatic nitrogens is 4. The van der Waals surface area contributed by atoms with Crippen molar-refractivity contribution in [1.82, 2.24) is 24.9 Å². The van der Waals surface area contributed by atoms with Crippen molar-refractivity contribution < 1.29 is 14.7 Å². The molecule has 9 heteroatoms. The zero-order valence-electron chi connectivity index (χ0n) is 14.0. The molecule has 0 bridgehead atoms. The molecule has 0 radical (unpaired) electrons. The molecule has 2 rings (SSSR count). The van der Waals surface area contributed by atoms with E-state index in [4.69, 9.17) is 16.7 Å². The first-order valence-corrected chi connectivity index (χ1v) is 7.86. The number of hydrogen-bond acceptors (Lipinski definition) is 4. The second kappa shape index (κ2) is 7.04. The predicted molar refractivity (Wildman–Crippen MR) is 88.5 cm³/mol. The Balaban J connectivity index is 1.98. The number of nitrogens with zero attached hydrogens (tertiary/aromatic N) is 4. The topological polar surface area (TPSA) is 102 Å². The van der Waals surface area contributed by atoms with Crippen LogP contribution < -0.4 is 5.32 Å². The SMILES string of the molecule is Cc1nn(C(C)CCNC(=O)c2nn(C)cc2C(=O)O)c(C)c1Cl. The van der Waals surface area contributed by atoms with Gasteiger partial charge in [-0.1, -0.05) is 11.6 Å². The minimum absolute atomic E-state index is 0.0409. The molecule has 8 nitrogen and oxygen atoms in total. The monoisotopic (exact) mass is 353 g/mol. The van der Waals surface area contributed by atoms with E-state index in [9.17, 15) is 9.59 Å². The van der Waals surface area contributed by atoms with E-state index in [-0.39, 0.29) is 17.3 Å². The molecule has 130 valence electrons. The molecule has 0 aliphatic heterocycles. The van der Waals surface area contributed by atoms with E-state index in [0.29, 0.717) is 18.0 Å². The number of aromatic carboxylic acids is 1. The van der Waals surface area contributed by atoms with Gasteiger partial charge in [-0.15, -0.1) is 0 Å². The van der Waals surface area contributed by atoms with Gasteiger partial charge in [-0.3, -0.25) is 14.2 Å². The molecular weight excluding hydrogens is 334 g/mol. The van der Waals surface area contributed by atoms with Crippen molar-refractivity contribution in [3.8, 4) is 0 Å². The maximum absolute atomic E-state index is 12.1. The summed E-state index contributed by atoms with van der Waals surface area (Å²) in [7, 11) is 1.57. The lowest BCUT2D eigenvalue weighted by atomic mass is 10.2. The molecule has 0 fully saturated rings. The summed E-state index contributed by atoms with van der Waals surface area (Å²) in [4.78, 5) is 23.3. The second-order valence-corrected chi connectivity index (χ2v) is 6.07. The van der Waals surface area contributed by atoms with Crippen molar-refractivity contribution >= 4 is 23.5 Å². The Morgan fingerprint density at radius 3 is 2.58 bits per heavy atom. The first-order valence-electron chi connectivity index (χ1n) is 7.48. The van der Waals surface area contributed by atoms with E-state index in [1.54, 1.807) is 7.05 Å². The molecule has 1 unspecified atom stereocenters. The first-order chi connectivity index (χ1) is 11.2. The molecule has 0 aliphatic rings. The van der Waals surface area contributed by atoms with Crippen LogP contribution in [0.4, 0.5) is 0 Å². The molecule has 1 amide bonds. The van der Waals surface area contributed by atoms with Crippen LogP contribution in [0.2, 0.25) is 5.02 Å².